The molecule has 0 radical (unpaired) electrons. The lowest BCUT2D eigenvalue weighted by Crippen LogP contribution is -2.35. The maximum absolute atomic E-state index is 12.1. The highest BCUT2D eigenvalue weighted by Gasteiger charge is 2.32. The first-order chi connectivity index (χ1) is 13.2. The highest BCUT2D eigenvalue weighted by atomic mass is 35.5. The van der Waals surface area contributed by atoms with Crippen LogP contribution in [0.15, 0.2) is 42.7 Å². The predicted octanol–water partition coefficient (Wildman–Crippen LogP) is 1.47. The second kappa shape index (κ2) is 7.20. The van der Waals surface area contributed by atoms with Gasteiger partial charge in [-0.3, -0.25) is 14.1 Å². The van der Waals surface area contributed by atoms with E-state index in [9.17, 15) is 9.59 Å². The average Bonchev–Trinajstić information content (AvgIpc) is 3.29. The fourth-order valence-corrected chi connectivity index (χ4v) is 2.94. The topological polar surface area (TPSA) is 102 Å². The molecule has 3 aromatic rings. The van der Waals surface area contributed by atoms with Crippen molar-refractivity contribution >= 4 is 35.1 Å². The smallest absolute Gasteiger partial charge is 0.414 e. The highest BCUT2D eigenvalue weighted by Crippen LogP contribution is 2.25. The van der Waals surface area contributed by atoms with Crippen LogP contribution in [-0.2, 0) is 9.53 Å². The van der Waals surface area contributed by atoms with Crippen LogP contribution in [0.4, 0.5) is 10.5 Å². The number of nitrogens with zero attached hydrogens (tertiary/aromatic N) is 5. The zero-order chi connectivity index (χ0) is 18.8. The lowest BCUT2D eigenvalue weighted by atomic mass is 10.2. The van der Waals surface area contributed by atoms with Crippen LogP contribution >= 0.6 is 11.6 Å². The van der Waals surface area contributed by atoms with Gasteiger partial charge in [0.1, 0.15) is 12.0 Å². The van der Waals surface area contributed by atoms with Gasteiger partial charge in [-0.15, -0.1) is 21.8 Å². The van der Waals surface area contributed by atoms with E-state index < -0.39 is 12.2 Å². The van der Waals surface area contributed by atoms with Gasteiger partial charge in [-0.2, -0.15) is 0 Å². The number of hydrogen-bond donors (Lipinski definition) is 1. The molecule has 9 nitrogen and oxygen atoms in total. The van der Waals surface area contributed by atoms with Gasteiger partial charge in [-0.25, -0.2) is 9.78 Å². The molecule has 1 N–H and O–H groups in total. The molecule has 1 aliphatic heterocycles. The number of aromatic nitrogens is 4. The van der Waals surface area contributed by atoms with E-state index in [0.29, 0.717) is 23.8 Å². The molecule has 0 spiro atoms. The third-order valence-electron chi connectivity index (χ3n) is 4.15. The van der Waals surface area contributed by atoms with Gasteiger partial charge >= 0.3 is 6.09 Å². The summed E-state index contributed by atoms with van der Waals surface area (Å²) in [7, 11) is 0. The minimum Gasteiger partial charge on any atom is -0.442 e. The summed E-state index contributed by atoms with van der Waals surface area (Å²) in [5.41, 5.74) is 1.54. The molecular weight excluding hydrogens is 372 g/mol. The molecule has 0 saturated carbocycles. The van der Waals surface area contributed by atoms with Crippen molar-refractivity contribution in [1.29, 1.82) is 0 Å². The molecule has 1 aliphatic rings. The van der Waals surface area contributed by atoms with Crippen molar-refractivity contribution in [2.75, 3.05) is 23.9 Å². The Hall–Kier alpha value is -3.20. The number of anilines is 1. The number of fused-ring (bicyclic) bond motifs is 1. The van der Waals surface area contributed by atoms with Crippen molar-refractivity contribution in [2.24, 2.45) is 0 Å². The highest BCUT2D eigenvalue weighted by molar-refractivity contribution is 6.27. The van der Waals surface area contributed by atoms with Crippen LogP contribution in [-0.4, -0.2) is 56.7 Å². The summed E-state index contributed by atoms with van der Waals surface area (Å²) >= 11 is 5.44. The van der Waals surface area contributed by atoms with Gasteiger partial charge in [0.05, 0.1) is 13.1 Å². The van der Waals surface area contributed by atoms with E-state index in [-0.39, 0.29) is 18.3 Å². The van der Waals surface area contributed by atoms with Crippen molar-refractivity contribution in [3.8, 4) is 11.4 Å². The van der Waals surface area contributed by atoms with Crippen LogP contribution in [0.2, 0.25) is 0 Å². The van der Waals surface area contributed by atoms with E-state index in [0.717, 1.165) is 5.56 Å². The number of alkyl halides is 1. The molecule has 2 aromatic heterocycles. The number of carbonyl (C=O) groups is 2. The van der Waals surface area contributed by atoms with Gasteiger partial charge in [0.2, 0.25) is 5.91 Å². The van der Waals surface area contributed by atoms with Gasteiger partial charge in [-0.1, -0.05) is 0 Å². The van der Waals surface area contributed by atoms with Crippen molar-refractivity contribution in [2.45, 2.75) is 6.10 Å². The van der Waals surface area contributed by atoms with Crippen LogP contribution in [0.5, 0.6) is 0 Å². The monoisotopic (exact) mass is 386 g/mol. The Bertz CT molecular complexity index is 990. The second-order valence-corrected chi connectivity index (χ2v) is 6.18. The van der Waals surface area contributed by atoms with Gasteiger partial charge in [-0.05, 0) is 30.3 Å². The normalized spacial score (nSPS) is 16.6. The molecule has 1 fully saturated rings. The summed E-state index contributed by atoms with van der Waals surface area (Å²) in [6, 6.07) is 9.14. The molecule has 0 unspecified atom stereocenters. The first-order valence-corrected chi connectivity index (χ1v) is 8.76. The Morgan fingerprint density at radius 2 is 2.11 bits per heavy atom. The molecule has 10 heteroatoms. The molecule has 138 valence electrons. The third kappa shape index (κ3) is 3.41. The Labute approximate surface area is 158 Å². The van der Waals surface area contributed by atoms with E-state index >= 15 is 0 Å². The van der Waals surface area contributed by atoms with Crippen LogP contribution in [0.1, 0.15) is 0 Å². The van der Waals surface area contributed by atoms with Crippen LogP contribution in [0.3, 0.4) is 0 Å². The van der Waals surface area contributed by atoms with E-state index in [1.807, 2.05) is 30.5 Å². The first kappa shape index (κ1) is 17.2. The fourth-order valence-electron chi connectivity index (χ4n) is 2.84. The number of cyclic esters (lactones) is 1. The SMILES string of the molecule is O=C(CCl)NC[C@H]1CN(c2ccc(-c3nnc4ncccn34)cc2)C(=O)O1. The number of hydrogen-bond acceptors (Lipinski definition) is 6. The minimum absolute atomic E-state index is 0.126. The zero-order valence-corrected chi connectivity index (χ0v) is 14.8. The first-order valence-electron chi connectivity index (χ1n) is 8.22. The quantitative estimate of drug-likeness (QED) is 0.666. The molecule has 0 bridgehead atoms. The summed E-state index contributed by atoms with van der Waals surface area (Å²) in [6.45, 7) is 0.573. The third-order valence-corrected chi connectivity index (χ3v) is 4.39. The Balaban J connectivity index is 1.49. The molecule has 0 aliphatic carbocycles. The lowest BCUT2D eigenvalue weighted by Gasteiger charge is -2.13. The van der Waals surface area contributed by atoms with Crippen LogP contribution < -0.4 is 10.2 Å². The van der Waals surface area contributed by atoms with E-state index in [1.165, 1.54) is 4.90 Å². The molecule has 2 amide bonds. The van der Waals surface area contributed by atoms with Gasteiger partial charge < -0.3 is 10.1 Å². The second-order valence-electron chi connectivity index (χ2n) is 5.91. The summed E-state index contributed by atoms with van der Waals surface area (Å²) in [5.74, 6) is 0.751. The molecule has 1 atom stereocenters. The summed E-state index contributed by atoms with van der Waals surface area (Å²) in [4.78, 5) is 29.0. The number of amides is 2. The Morgan fingerprint density at radius 3 is 2.89 bits per heavy atom. The van der Waals surface area contributed by atoms with E-state index in [2.05, 4.69) is 20.5 Å². The maximum Gasteiger partial charge on any atom is 0.414 e. The molecule has 1 saturated heterocycles. The number of rotatable bonds is 5. The standard InChI is InChI=1S/C17H15ClN6O3/c18-8-14(25)20-9-13-10-24(17(26)27-13)12-4-2-11(3-5-12)15-21-22-16-19-6-1-7-23(15)16/h1-7,13H,8-10H2,(H,20,25)/t13-/m0/s1. The van der Waals surface area contributed by atoms with Gasteiger partial charge in [0.15, 0.2) is 5.82 Å². The summed E-state index contributed by atoms with van der Waals surface area (Å²) in [5, 5.41) is 10.8. The maximum atomic E-state index is 12.1. The largest absolute Gasteiger partial charge is 0.442 e. The van der Waals surface area contributed by atoms with Crippen molar-refractivity contribution < 1.29 is 14.3 Å². The molecule has 4 rings (SSSR count). The van der Waals surface area contributed by atoms with Crippen molar-refractivity contribution in [1.82, 2.24) is 24.9 Å². The molecule has 1 aromatic carbocycles. The fraction of sp³-hybridized carbons (Fsp3) is 0.235. The molecular formula is C17H15ClN6O3. The molecule has 27 heavy (non-hydrogen) atoms. The number of carbonyl (C=O) groups excluding carboxylic acids is 2. The van der Waals surface area contributed by atoms with Crippen LogP contribution in [0, 0.1) is 0 Å². The predicted molar refractivity (Wildman–Crippen MR) is 97.6 cm³/mol. The minimum atomic E-state index is -0.454. The number of halogens is 1. The molecule has 3 heterocycles. The van der Waals surface area contributed by atoms with Crippen LogP contribution in [0.25, 0.3) is 17.2 Å². The van der Waals surface area contributed by atoms with Crippen molar-refractivity contribution in [3.63, 3.8) is 0 Å². The summed E-state index contributed by atoms with van der Waals surface area (Å²) < 4.78 is 7.06. The van der Waals surface area contributed by atoms with E-state index in [1.54, 1.807) is 16.7 Å². The van der Waals surface area contributed by atoms with Gasteiger partial charge in [0, 0.05) is 23.6 Å². The number of ether oxygens (including phenoxy) is 1. The lowest BCUT2D eigenvalue weighted by molar-refractivity contribution is -0.119. The Morgan fingerprint density at radius 1 is 1.30 bits per heavy atom. The van der Waals surface area contributed by atoms with E-state index in [4.69, 9.17) is 16.3 Å². The van der Waals surface area contributed by atoms with Crippen molar-refractivity contribution in [3.05, 3.63) is 42.7 Å². The zero-order valence-electron chi connectivity index (χ0n) is 14.1. The average molecular weight is 387 g/mol. The number of benzene rings is 1. The number of nitrogens with one attached hydrogen (secondary N) is 1. The Kier molecular flexibility index (Phi) is 4.59. The summed E-state index contributed by atoms with van der Waals surface area (Å²) in [6.07, 6.45) is 2.62. The van der Waals surface area contributed by atoms with Gasteiger partial charge in [0.25, 0.3) is 5.78 Å².